The molecule has 2 saturated heterocycles. The lowest BCUT2D eigenvalue weighted by atomic mass is 9.72. The highest BCUT2D eigenvalue weighted by atomic mass is 19.1. The molecule has 4 rings (SSSR count). The first kappa shape index (κ1) is 18.8. The van der Waals surface area contributed by atoms with Gasteiger partial charge in [0, 0.05) is 38.5 Å². The number of methoxy groups -OCH3 is 2. The van der Waals surface area contributed by atoms with Crippen molar-refractivity contribution in [3.63, 3.8) is 0 Å². The lowest BCUT2D eigenvalue weighted by molar-refractivity contribution is -0.151. The second-order valence-corrected chi connectivity index (χ2v) is 7.32. The minimum Gasteiger partial charge on any atom is -0.481 e. The molecule has 1 spiro atoms. The van der Waals surface area contributed by atoms with Crippen LogP contribution in [0.25, 0.3) is 0 Å². The number of carbonyl (C=O) groups excluding carboxylic acids is 1. The number of nitrogens with zero attached hydrogens (tertiary/aromatic N) is 3. The Bertz CT molecular complexity index is 867. The summed E-state index contributed by atoms with van der Waals surface area (Å²) in [7, 11) is 3.18. The number of benzene rings is 1. The van der Waals surface area contributed by atoms with Crippen LogP contribution in [0.15, 0.2) is 42.5 Å². The summed E-state index contributed by atoms with van der Waals surface area (Å²) >= 11 is 0. The number of rotatable bonds is 5. The second-order valence-electron chi connectivity index (χ2n) is 7.32. The van der Waals surface area contributed by atoms with Gasteiger partial charge >= 0.3 is 0 Å². The Labute approximate surface area is 163 Å². The molecule has 1 atom stereocenters. The van der Waals surface area contributed by atoms with Crippen molar-refractivity contribution in [3.05, 3.63) is 54.0 Å². The molecule has 2 aromatic rings. The number of amides is 1. The maximum absolute atomic E-state index is 13.7. The fourth-order valence-electron chi connectivity index (χ4n) is 4.41. The SMILES string of the molecule is COc1cccc(CN2CCC3(CC2)C(OC)C(=O)N3c2cccc(F)c2)n1. The molecule has 148 valence electrons. The molecule has 3 heterocycles. The van der Waals surface area contributed by atoms with Crippen molar-refractivity contribution in [2.45, 2.75) is 31.0 Å². The molecule has 2 aliphatic rings. The molecule has 6 nitrogen and oxygen atoms in total. The van der Waals surface area contributed by atoms with Crippen molar-refractivity contribution in [2.75, 3.05) is 32.2 Å². The monoisotopic (exact) mass is 385 g/mol. The molecule has 28 heavy (non-hydrogen) atoms. The third-order valence-electron chi connectivity index (χ3n) is 5.78. The Morgan fingerprint density at radius 2 is 1.93 bits per heavy atom. The molecule has 0 aliphatic carbocycles. The predicted octanol–water partition coefficient (Wildman–Crippen LogP) is 2.63. The molecule has 2 fully saturated rings. The van der Waals surface area contributed by atoms with Gasteiger partial charge in [0.25, 0.3) is 5.91 Å². The molecule has 0 radical (unpaired) electrons. The van der Waals surface area contributed by atoms with Crippen LogP contribution in [0.2, 0.25) is 0 Å². The van der Waals surface area contributed by atoms with Crippen LogP contribution in [-0.2, 0) is 16.1 Å². The van der Waals surface area contributed by atoms with Crippen LogP contribution in [0, 0.1) is 5.82 Å². The van der Waals surface area contributed by atoms with E-state index in [1.165, 1.54) is 12.1 Å². The van der Waals surface area contributed by atoms with Crippen molar-refractivity contribution in [1.82, 2.24) is 9.88 Å². The van der Waals surface area contributed by atoms with E-state index in [0.29, 0.717) is 11.6 Å². The van der Waals surface area contributed by atoms with E-state index < -0.39 is 11.6 Å². The van der Waals surface area contributed by atoms with Gasteiger partial charge in [-0.3, -0.25) is 9.69 Å². The van der Waals surface area contributed by atoms with Crippen LogP contribution < -0.4 is 9.64 Å². The number of halogens is 1. The van der Waals surface area contributed by atoms with Crippen LogP contribution in [0.3, 0.4) is 0 Å². The fraction of sp³-hybridized carbons (Fsp3) is 0.429. The van der Waals surface area contributed by atoms with E-state index >= 15 is 0 Å². The summed E-state index contributed by atoms with van der Waals surface area (Å²) in [6.07, 6.45) is 1.04. The number of ether oxygens (including phenoxy) is 2. The minimum absolute atomic E-state index is 0.101. The summed E-state index contributed by atoms with van der Waals surface area (Å²) in [5.74, 6) is 0.158. The van der Waals surface area contributed by atoms with Gasteiger partial charge in [0.1, 0.15) is 5.82 Å². The largest absolute Gasteiger partial charge is 0.481 e. The van der Waals surface area contributed by atoms with E-state index in [1.54, 1.807) is 31.3 Å². The smallest absolute Gasteiger partial charge is 0.259 e. The van der Waals surface area contributed by atoms with Gasteiger partial charge in [-0.05, 0) is 37.1 Å². The number of hydrogen-bond acceptors (Lipinski definition) is 5. The summed E-state index contributed by atoms with van der Waals surface area (Å²) < 4.78 is 24.4. The van der Waals surface area contributed by atoms with Crippen LogP contribution in [0.5, 0.6) is 5.88 Å². The van der Waals surface area contributed by atoms with Gasteiger partial charge in [-0.2, -0.15) is 0 Å². The Hall–Kier alpha value is -2.51. The highest BCUT2D eigenvalue weighted by Crippen LogP contribution is 2.45. The van der Waals surface area contributed by atoms with Crippen LogP contribution in [-0.4, -0.2) is 54.7 Å². The van der Waals surface area contributed by atoms with Gasteiger partial charge in [0.15, 0.2) is 6.10 Å². The van der Waals surface area contributed by atoms with Crippen molar-refractivity contribution in [1.29, 1.82) is 0 Å². The van der Waals surface area contributed by atoms with E-state index in [-0.39, 0.29) is 11.7 Å². The average Bonchev–Trinajstić information content (AvgIpc) is 2.70. The predicted molar refractivity (Wildman–Crippen MR) is 103 cm³/mol. The average molecular weight is 385 g/mol. The van der Waals surface area contributed by atoms with E-state index in [4.69, 9.17) is 9.47 Å². The fourth-order valence-corrected chi connectivity index (χ4v) is 4.41. The van der Waals surface area contributed by atoms with Crippen LogP contribution in [0.1, 0.15) is 18.5 Å². The number of carbonyl (C=O) groups is 1. The molecule has 7 heteroatoms. The van der Waals surface area contributed by atoms with E-state index in [0.717, 1.165) is 38.2 Å². The van der Waals surface area contributed by atoms with Crippen molar-refractivity contribution in [3.8, 4) is 5.88 Å². The molecule has 1 unspecified atom stereocenters. The third kappa shape index (κ3) is 3.14. The first-order valence-corrected chi connectivity index (χ1v) is 9.42. The van der Waals surface area contributed by atoms with Crippen molar-refractivity contribution >= 4 is 11.6 Å². The molecule has 0 saturated carbocycles. The van der Waals surface area contributed by atoms with E-state index in [2.05, 4.69) is 9.88 Å². The first-order valence-electron chi connectivity index (χ1n) is 9.42. The standard InChI is InChI=1S/C21H24FN3O3/c1-27-18-8-4-6-16(23-18)14-24-11-9-21(10-12-24)19(28-2)20(26)25(21)17-7-3-5-15(22)13-17/h3-8,13,19H,9-12,14H2,1-2H3. The number of likely N-dealkylation sites (tertiary alicyclic amines) is 1. The molecule has 0 bridgehead atoms. The highest BCUT2D eigenvalue weighted by molar-refractivity contribution is 6.06. The summed E-state index contributed by atoms with van der Waals surface area (Å²) in [6.45, 7) is 2.33. The third-order valence-corrected chi connectivity index (χ3v) is 5.78. The summed E-state index contributed by atoms with van der Waals surface area (Å²) in [4.78, 5) is 21.2. The number of pyridine rings is 1. The number of anilines is 1. The summed E-state index contributed by atoms with van der Waals surface area (Å²) in [6, 6.07) is 12.0. The van der Waals surface area contributed by atoms with Gasteiger partial charge in [0.2, 0.25) is 5.88 Å². The Kier molecular flexibility index (Phi) is 5.03. The molecule has 2 aliphatic heterocycles. The van der Waals surface area contributed by atoms with Gasteiger partial charge in [-0.25, -0.2) is 9.37 Å². The molecule has 0 N–H and O–H groups in total. The van der Waals surface area contributed by atoms with E-state index in [9.17, 15) is 9.18 Å². The zero-order valence-corrected chi connectivity index (χ0v) is 16.1. The number of hydrogen-bond donors (Lipinski definition) is 0. The molecular weight excluding hydrogens is 361 g/mol. The Morgan fingerprint density at radius 3 is 2.61 bits per heavy atom. The van der Waals surface area contributed by atoms with Gasteiger partial charge < -0.3 is 14.4 Å². The summed E-state index contributed by atoms with van der Waals surface area (Å²) in [5, 5.41) is 0. The Morgan fingerprint density at radius 1 is 1.18 bits per heavy atom. The normalized spacial score (nSPS) is 21.6. The number of piperidine rings is 1. The molecule has 1 aromatic heterocycles. The number of aromatic nitrogens is 1. The lowest BCUT2D eigenvalue weighted by Crippen LogP contribution is -2.77. The quantitative estimate of drug-likeness (QED) is 0.741. The van der Waals surface area contributed by atoms with Gasteiger partial charge in [-0.15, -0.1) is 0 Å². The summed E-state index contributed by atoms with van der Waals surface area (Å²) in [5.41, 5.74) is 1.13. The second kappa shape index (κ2) is 7.48. The zero-order valence-electron chi connectivity index (χ0n) is 16.1. The highest BCUT2D eigenvalue weighted by Gasteiger charge is 2.61. The topological polar surface area (TPSA) is 54.9 Å². The number of β-lactam (4-membered cyclic amide) rings is 1. The Balaban J connectivity index is 1.49. The van der Waals surface area contributed by atoms with Gasteiger partial charge in [0.05, 0.1) is 18.3 Å². The maximum Gasteiger partial charge on any atom is 0.259 e. The van der Waals surface area contributed by atoms with Crippen molar-refractivity contribution in [2.24, 2.45) is 0 Å². The van der Waals surface area contributed by atoms with Crippen LogP contribution in [0.4, 0.5) is 10.1 Å². The maximum atomic E-state index is 13.7. The lowest BCUT2D eigenvalue weighted by Gasteiger charge is -2.59. The molecule has 1 amide bonds. The van der Waals surface area contributed by atoms with Crippen molar-refractivity contribution < 1.29 is 18.7 Å². The molecular formula is C21H24FN3O3. The van der Waals surface area contributed by atoms with Gasteiger partial charge in [-0.1, -0.05) is 12.1 Å². The van der Waals surface area contributed by atoms with E-state index in [1.807, 2.05) is 18.2 Å². The zero-order chi connectivity index (χ0) is 19.7. The van der Waals surface area contributed by atoms with Crippen LogP contribution >= 0.6 is 0 Å². The minimum atomic E-state index is -0.479. The molecule has 1 aromatic carbocycles. The first-order chi connectivity index (χ1) is 13.6.